The van der Waals surface area contributed by atoms with E-state index in [1.807, 2.05) is 12.1 Å². The molecule has 0 saturated carbocycles. The summed E-state index contributed by atoms with van der Waals surface area (Å²) in [5, 5.41) is 10.7. The number of anilines is 1. The first-order chi connectivity index (χ1) is 7.27. The molecule has 0 saturated heterocycles. The van der Waals surface area contributed by atoms with Crippen LogP contribution in [0.1, 0.15) is 0 Å². The summed E-state index contributed by atoms with van der Waals surface area (Å²) in [7, 11) is 0. The Balaban J connectivity index is 2.32. The number of rotatable bonds is 3. The lowest BCUT2D eigenvalue weighted by molar-refractivity contribution is -0.384. The molecule has 15 heavy (non-hydrogen) atoms. The molecule has 0 spiro atoms. The van der Waals surface area contributed by atoms with Crippen LogP contribution in [0, 0.1) is 10.1 Å². The lowest BCUT2D eigenvalue weighted by atomic mass is 10.4. The molecule has 0 bridgehead atoms. The van der Waals surface area contributed by atoms with Crippen LogP contribution in [-0.4, -0.2) is 14.6 Å². The number of nitrogens with one attached hydrogen (secondary N) is 1. The number of hydrogen-bond donors (Lipinski definition) is 1. The molecule has 6 nitrogen and oxygen atoms in total. The smallest absolute Gasteiger partial charge is 0.287 e. The van der Waals surface area contributed by atoms with Crippen molar-refractivity contribution in [1.82, 2.24) is 9.66 Å². The van der Waals surface area contributed by atoms with Gasteiger partial charge in [0, 0.05) is 24.7 Å². The molecule has 6 heteroatoms. The van der Waals surface area contributed by atoms with Crippen molar-refractivity contribution in [3.8, 4) is 0 Å². The molecule has 0 amide bonds. The first-order valence-electron chi connectivity index (χ1n) is 4.26. The number of aromatic nitrogens is 2. The van der Waals surface area contributed by atoms with Crippen molar-refractivity contribution in [2.45, 2.75) is 0 Å². The zero-order valence-electron chi connectivity index (χ0n) is 7.70. The molecular formula is C9H8N4O2. The van der Waals surface area contributed by atoms with Gasteiger partial charge in [0.25, 0.3) is 5.69 Å². The second kappa shape index (κ2) is 3.79. The van der Waals surface area contributed by atoms with Crippen molar-refractivity contribution in [3.05, 3.63) is 53.1 Å². The lowest BCUT2D eigenvalue weighted by Gasteiger charge is -2.06. The minimum Gasteiger partial charge on any atom is -0.287 e. The normalized spacial score (nSPS) is 9.87. The van der Waals surface area contributed by atoms with Crippen LogP contribution in [0.25, 0.3) is 0 Å². The van der Waals surface area contributed by atoms with Crippen LogP contribution in [0.15, 0.2) is 43.0 Å². The van der Waals surface area contributed by atoms with Crippen LogP contribution >= 0.6 is 0 Å². The van der Waals surface area contributed by atoms with Gasteiger partial charge < -0.3 is 0 Å². The van der Waals surface area contributed by atoms with Crippen LogP contribution < -0.4 is 5.43 Å². The molecule has 0 aliphatic carbocycles. The Bertz CT molecular complexity index is 467. The van der Waals surface area contributed by atoms with Gasteiger partial charge in [0.05, 0.1) is 11.1 Å². The Hall–Kier alpha value is -2.37. The molecule has 2 heterocycles. The molecule has 0 aliphatic heterocycles. The maximum Gasteiger partial charge on any atom is 0.297 e. The third-order valence-corrected chi connectivity index (χ3v) is 1.85. The van der Waals surface area contributed by atoms with Crippen molar-refractivity contribution in [2.75, 3.05) is 5.43 Å². The van der Waals surface area contributed by atoms with Crippen LogP contribution in [-0.2, 0) is 0 Å². The molecule has 0 radical (unpaired) electrons. The molecule has 0 fully saturated rings. The molecule has 1 N–H and O–H groups in total. The fourth-order valence-corrected chi connectivity index (χ4v) is 1.18. The number of pyridine rings is 1. The van der Waals surface area contributed by atoms with Gasteiger partial charge >= 0.3 is 0 Å². The Morgan fingerprint density at radius 2 is 2.13 bits per heavy atom. The Morgan fingerprint density at radius 1 is 1.40 bits per heavy atom. The highest BCUT2D eigenvalue weighted by Gasteiger charge is 2.12. The quantitative estimate of drug-likeness (QED) is 0.609. The van der Waals surface area contributed by atoms with Crippen LogP contribution in [0.4, 0.5) is 11.4 Å². The first-order valence-corrected chi connectivity index (χ1v) is 4.26. The van der Waals surface area contributed by atoms with Gasteiger partial charge in [-0.05, 0) is 12.1 Å². The van der Waals surface area contributed by atoms with E-state index < -0.39 is 4.92 Å². The average Bonchev–Trinajstić information content (AvgIpc) is 2.71. The van der Waals surface area contributed by atoms with Gasteiger partial charge in [-0.15, -0.1) is 0 Å². The van der Waals surface area contributed by atoms with Crippen molar-refractivity contribution in [1.29, 1.82) is 0 Å². The van der Waals surface area contributed by atoms with E-state index in [0.29, 0.717) is 5.69 Å². The highest BCUT2D eigenvalue weighted by atomic mass is 16.6. The Kier molecular flexibility index (Phi) is 2.32. The molecule has 0 aliphatic rings. The molecule has 0 aromatic carbocycles. The van der Waals surface area contributed by atoms with Crippen molar-refractivity contribution >= 4 is 11.4 Å². The van der Waals surface area contributed by atoms with Gasteiger partial charge in [-0.3, -0.25) is 25.2 Å². The minimum atomic E-state index is -0.451. The topological polar surface area (TPSA) is 73.0 Å². The second-order valence-corrected chi connectivity index (χ2v) is 2.85. The summed E-state index contributed by atoms with van der Waals surface area (Å²) in [4.78, 5) is 14.1. The van der Waals surface area contributed by atoms with E-state index in [9.17, 15) is 10.1 Å². The highest BCUT2D eigenvalue weighted by molar-refractivity contribution is 5.59. The maximum absolute atomic E-state index is 10.7. The summed E-state index contributed by atoms with van der Waals surface area (Å²) in [5.41, 5.74) is 3.21. The third kappa shape index (κ3) is 1.93. The molecule has 0 atom stereocenters. The van der Waals surface area contributed by atoms with E-state index in [1.54, 1.807) is 17.1 Å². The van der Waals surface area contributed by atoms with E-state index in [0.717, 1.165) is 0 Å². The zero-order valence-corrected chi connectivity index (χ0v) is 7.70. The summed E-state index contributed by atoms with van der Waals surface area (Å²) in [6, 6.07) is 4.98. The number of hydrogen-bond acceptors (Lipinski definition) is 4. The van der Waals surface area contributed by atoms with E-state index in [-0.39, 0.29) is 5.69 Å². The fraction of sp³-hybridized carbons (Fsp3) is 0. The van der Waals surface area contributed by atoms with Gasteiger partial charge in [-0.1, -0.05) is 0 Å². The number of nitrogens with zero attached hydrogens (tertiary/aromatic N) is 3. The van der Waals surface area contributed by atoms with Gasteiger partial charge in [0.1, 0.15) is 0 Å². The predicted molar refractivity (Wildman–Crippen MR) is 54.3 cm³/mol. The lowest BCUT2D eigenvalue weighted by Crippen LogP contribution is -2.08. The predicted octanol–water partition coefficient (Wildman–Crippen LogP) is 1.67. The Morgan fingerprint density at radius 3 is 2.80 bits per heavy atom. The highest BCUT2D eigenvalue weighted by Crippen LogP contribution is 2.21. The fourth-order valence-electron chi connectivity index (χ4n) is 1.18. The standard InChI is InChI=1S/C9H8N4O2/c14-13(15)9-3-4-10-7-8(9)11-12-5-1-2-6-12/h1-7,11H. The van der Waals surface area contributed by atoms with Crippen LogP contribution in [0.5, 0.6) is 0 Å². The van der Waals surface area contributed by atoms with E-state index in [1.165, 1.54) is 18.5 Å². The summed E-state index contributed by atoms with van der Waals surface area (Å²) < 4.78 is 1.62. The van der Waals surface area contributed by atoms with Crippen LogP contribution in [0.2, 0.25) is 0 Å². The first kappa shape index (κ1) is 9.20. The summed E-state index contributed by atoms with van der Waals surface area (Å²) >= 11 is 0. The molecule has 76 valence electrons. The van der Waals surface area contributed by atoms with E-state index >= 15 is 0 Å². The molecule has 0 unspecified atom stereocenters. The maximum atomic E-state index is 10.7. The van der Waals surface area contributed by atoms with Crippen molar-refractivity contribution < 1.29 is 4.92 Å². The zero-order chi connectivity index (χ0) is 10.7. The van der Waals surface area contributed by atoms with Gasteiger partial charge in [-0.2, -0.15) is 0 Å². The van der Waals surface area contributed by atoms with Crippen molar-refractivity contribution in [3.63, 3.8) is 0 Å². The minimum absolute atomic E-state index is 0.00120. The van der Waals surface area contributed by atoms with Gasteiger partial charge in [-0.25, -0.2) is 0 Å². The molecular weight excluding hydrogens is 196 g/mol. The third-order valence-electron chi connectivity index (χ3n) is 1.85. The molecule has 2 aromatic heterocycles. The summed E-state index contributed by atoms with van der Waals surface area (Å²) in [6.45, 7) is 0. The summed E-state index contributed by atoms with van der Waals surface area (Å²) in [5.74, 6) is 0. The van der Waals surface area contributed by atoms with E-state index in [2.05, 4.69) is 10.4 Å². The SMILES string of the molecule is O=[N+]([O-])c1ccncc1Nn1cccc1. The average molecular weight is 204 g/mol. The summed E-state index contributed by atoms with van der Waals surface area (Å²) in [6.07, 6.45) is 6.30. The molecule has 2 rings (SSSR count). The number of nitro groups is 1. The second-order valence-electron chi connectivity index (χ2n) is 2.85. The van der Waals surface area contributed by atoms with Gasteiger partial charge in [0.15, 0.2) is 5.69 Å². The molecule has 2 aromatic rings. The Labute approximate surface area is 85.3 Å². The van der Waals surface area contributed by atoms with Crippen LogP contribution in [0.3, 0.4) is 0 Å². The van der Waals surface area contributed by atoms with E-state index in [4.69, 9.17) is 0 Å². The van der Waals surface area contributed by atoms with Gasteiger partial charge in [0.2, 0.25) is 0 Å². The largest absolute Gasteiger partial charge is 0.297 e. The van der Waals surface area contributed by atoms with Crippen molar-refractivity contribution in [2.24, 2.45) is 0 Å². The monoisotopic (exact) mass is 204 g/mol.